The summed E-state index contributed by atoms with van der Waals surface area (Å²) < 4.78 is 0. The van der Waals surface area contributed by atoms with Crippen molar-refractivity contribution in [2.24, 2.45) is 0 Å². The van der Waals surface area contributed by atoms with Crippen LogP contribution >= 0.6 is 0 Å². The zero-order chi connectivity index (χ0) is 14.4. The minimum atomic E-state index is 0.852. The summed E-state index contributed by atoms with van der Waals surface area (Å²) in [5, 5.41) is 0. The highest BCUT2D eigenvalue weighted by atomic mass is 14.1. The highest BCUT2D eigenvalue weighted by molar-refractivity contribution is 5.77. The van der Waals surface area contributed by atoms with E-state index in [1.807, 2.05) is 24.3 Å². The first-order valence-corrected chi connectivity index (χ1v) is 6.86. The van der Waals surface area contributed by atoms with Crippen LogP contribution in [0.25, 0.3) is 17.2 Å². The number of hydrogen-bond acceptors (Lipinski definition) is 0. The Morgan fingerprint density at radius 3 is 2.10 bits per heavy atom. The molecule has 0 radical (unpaired) electrons. The molecule has 0 aliphatic rings. The van der Waals surface area contributed by atoms with E-state index in [0.717, 1.165) is 12.8 Å². The molecule has 0 saturated carbocycles. The number of rotatable bonds is 6. The molecule has 0 heterocycles. The van der Waals surface area contributed by atoms with Gasteiger partial charge in [-0.05, 0) is 40.7 Å². The fourth-order valence-corrected chi connectivity index (χ4v) is 2.54. The molecule has 0 fully saturated rings. The van der Waals surface area contributed by atoms with Crippen molar-refractivity contribution in [1.29, 1.82) is 0 Å². The van der Waals surface area contributed by atoms with Crippen molar-refractivity contribution in [1.82, 2.24) is 0 Å². The molecule has 100 valence electrons. The molecule has 0 heteroatoms. The highest BCUT2D eigenvalue weighted by Gasteiger charge is 2.10. The van der Waals surface area contributed by atoms with E-state index in [9.17, 15) is 0 Å². The maximum absolute atomic E-state index is 4.00. The van der Waals surface area contributed by atoms with Gasteiger partial charge < -0.3 is 0 Å². The van der Waals surface area contributed by atoms with Gasteiger partial charge in [0.25, 0.3) is 0 Å². The van der Waals surface area contributed by atoms with Crippen LogP contribution in [0.2, 0.25) is 0 Å². The maximum Gasteiger partial charge on any atom is -0.00911 e. The molecule has 2 rings (SSSR count). The largest absolute Gasteiger partial charge is 0.103 e. The molecule has 0 nitrogen and oxygen atoms in total. The topological polar surface area (TPSA) is 0 Å². The van der Waals surface area contributed by atoms with Crippen LogP contribution in [0.15, 0.2) is 74.4 Å². The van der Waals surface area contributed by atoms with Crippen molar-refractivity contribution < 1.29 is 0 Å². The number of benzene rings is 2. The van der Waals surface area contributed by atoms with E-state index >= 15 is 0 Å². The molecule has 0 spiro atoms. The fraction of sp³-hybridized carbons (Fsp3) is 0.100. The van der Waals surface area contributed by atoms with Gasteiger partial charge in [0.05, 0.1) is 0 Å². The van der Waals surface area contributed by atoms with Gasteiger partial charge in [-0.2, -0.15) is 0 Å². The summed E-state index contributed by atoms with van der Waals surface area (Å²) in [7, 11) is 0. The SMILES string of the molecule is C=CCc1ccc(-c2ccccc2)c(C=C)c1CC=C. The van der Waals surface area contributed by atoms with Crippen LogP contribution < -0.4 is 0 Å². The average Bonchev–Trinajstić information content (AvgIpc) is 2.50. The first kappa shape index (κ1) is 14.1. The second kappa shape index (κ2) is 6.72. The maximum atomic E-state index is 4.00. The minimum absolute atomic E-state index is 0.852. The quantitative estimate of drug-likeness (QED) is 0.605. The molecule has 0 saturated heterocycles. The molecule has 0 atom stereocenters. The molecule has 0 N–H and O–H groups in total. The summed E-state index contributed by atoms with van der Waals surface area (Å²) in [4.78, 5) is 0. The van der Waals surface area contributed by atoms with Gasteiger partial charge in [-0.1, -0.05) is 67.3 Å². The Hall–Kier alpha value is -2.34. The van der Waals surface area contributed by atoms with Crippen molar-refractivity contribution in [3.63, 3.8) is 0 Å². The Kier molecular flexibility index (Phi) is 4.73. The second-order valence-corrected chi connectivity index (χ2v) is 4.72. The number of allylic oxidation sites excluding steroid dienone is 2. The fourth-order valence-electron chi connectivity index (χ4n) is 2.54. The van der Waals surface area contributed by atoms with Gasteiger partial charge in [0.15, 0.2) is 0 Å². The van der Waals surface area contributed by atoms with E-state index < -0.39 is 0 Å². The third-order valence-electron chi connectivity index (χ3n) is 3.46. The lowest BCUT2D eigenvalue weighted by molar-refractivity contribution is 1.15. The van der Waals surface area contributed by atoms with E-state index in [2.05, 4.69) is 56.1 Å². The van der Waals surface area contributed by atoms with Crippen LogP contribution in [0.3, 0.4) is 0 Å². The van der Waals surface area contributed by atoms with Crippen LogP contribution in [0.1, 0.15) is 16.7 Å². The Morgan fingerprint density at radius 2 is 1.50 bits per heavy atom. The van der Waals surface area contributed by atoms with Crippen LogP contribution in [-0.2, 0) is 12.8 Å². The van der Waals surface area contributed by atoms with Crippen molar-refractivity contribution in [3.8, 4) is 11.1 Å². The Bertz CT molecular complexity index is 618. The van der Waals surface area contributed by atoms with Gasteiger partial charge in [-0.15, -0.1) is 13.2 Å². The first-order chi connectivity index (χ1) is 9.81. The molecule has 0 aromatic heterocycles. The lowest BCUT2D eigenvalue weighted by atomic mass is 9.89. The van der Waals surface area contributed by atoms with Crippen LogP contribution in [-0.4, -0.2) is 0 Å². The zero-order valence-electron chi connectivity index (χ0n) is 11.8. The molecular weight excluding hydrogens is 240 g/mol. The molecule has 0 aliphatic carbocycles. The third-order valence-corrected chi connectivity index (χ3v) is 3.46. The summed E-state index contributed by atoms with van der Waals surface area (Å²) in [6.07, 6.45) is 7.57. The van der Waals surface area contributed by atoms with E-state index in [0.29, 0.717) is 0 Å². The second-order valence-electron chi connectivity index (χ2n) is 4.72. The van der Waals surface area contributed by atoms with Crippen LogP contribution in [0.4, 0.5) is 0 Å². The van der Waals surface area contributed by atoms with E-state index in [1.165, 1.54) is 27.8 Å². The molecule has 0 unspecified atom stereocenters. The summed E-state index contributed by atoms with van der Waals surface area (Å²) in [6.45, 7) is 11.7. The zero-order valence-corrected chi connectivity index (χ0v) is 11.8. The minimum Gasteiger partial charge on any atom is -0.103 e. The monoisotopic (exact) mass is 260 g/mol. The first-order valence-electron chi connectivity index (χ1n) is 6.86. The van der Waals surface area contributed by atoms with Crippen LogP contribution in [0.5, 0.6) is 0 Å². The van der Waals surface area contributed by atoms with Crippen molar-refractivity contribution in [2.75, 3.05) is 0 Å². The molecule has 2 aromatic carbocycles. The highest BCUT2D eigenvalue weighted by Crippen LogP contribution is 2.30. The van der Waals surface area contributed by atoms with Gasteiger partial charge >= 0.3 is 0 Å². The summed E-state index contributed by atoms with van der Waals surface area (Å²) in [5.74, 6) is 0. The van der Waals surface area contributed by atoms with Gasteiger partial charge in [0, 0.05) is 0 Å². The van der Waals surface area contributed by atoms with Gasteiger partial charge in [-0.25, -0.2) is 0 Å². The van der Waals surface area contributed by atoms with Crippen molar-refractivity contribution in [2.45, 2.75) is 12.8 Å². The smallest absolute Gasteiger partial charge is 0.00911 e. The van der Waals surface area contributed by atoms with Crippen molar-refractivity contribution >= 4 is 6.08 Å². The van der Waals surface area contributed by atoms with E-state index in [-0.39, 0.29) is 0 Å². The number of hydrogen-bond donors (Lipinski definition) is 0. The Balaban J connectivity index is 2.65. The van der Waals surface area contributed by atoms with Gasteiger partial charge in [0.1, 0.15) is 0 Å². The average molecular weight is 260 g/mol. The molecule has 0 aliphatic heterocycles. The molecule has 0 bridgehead atoms. The standard InChI is InChI=1S/C20H20/c1-4-10-16-14-15-20(17-12-8-7-9-13-17)18(6-3)19(16)11-5-2/h4-9,12-15H,1-3,10-11H2. The lowest BCUT2D eigenvalue weighted by Crippen LogP contribution is -1.98. The summed E-state index contributed by atoms with van der Waals surface area (Å²) >= 11 is 0. The van der Waals surface area contributed by atoms with Crippen LogP contribution in [0, 0.1) is 0 Å². The van der Waals surface area contributed by atoms with Gasteiger partial charge in [0.2, 0.25) is 0 Å². The van der Waals surface area contributed by atoms with E-state index in [4.69, 9.17) is 0 Å². The Morgan fingerprint density at radius 1 is 0.800 bits per heavy atom. The predicted molar refractivity (Wildman–Crippen MR) is 89.8 cm³/mol. The Labute approximate surface area is 121 Å². The predicted octanol–water partition coefficient (Wildman–Crippen LogP) is 5.45. The summed E-state index contributed by atoms with van der Waals surface area (Å²) in [6, 6.07) is 14.8. The molecule has 0 amide bonds. The van der Waals surface area contributed by atoms with E-state index in [1.54, 1.807) is 0 Å². The third kappa shape index (κ3) is 2.80. The molecular formula is C20H20. The molecule has 20 heavy (non-hydrogen) atoms. The van der Waals surface area contributed by atoms with Crippen molar-refractivity contribution in [3.05, 3.63) is 91.0 Å². The normalized spacial score (nSPS) is 10.0. The lowest BCUT2D eigenvalue weighted by Gasteiger charge is -2.15. The molecule has 2 aromatic rings. The van der Waals surface area contributed by atoms with Gasteiger partial charge in [-0.3, -0.25) is 0 Å². The summed E-state index contributed by atoms with van der Waals surface area (Å²) in [5.41, 5.74) is 6.25.